The van der Waals surface area contributed by atoms with Crippen molar-refractivity contribution in [3.8, 4) is 0 Å². The summed E-state index contributed by atoms with van der Waals surface area (Å²) in [7, 11) is 0. The van der Waals surface area contributed by atoms with Crippen molar-refractivity contribution in [1.29, 1.82) is 0 Å². The van der Waals surface area contributed by atoms with E-state index in [-0.39, 0.29) is 18.7 Å². The fourth-order valence-corrected chi connectivity index (χ4v) is 2.87. The minimum absolute atomic E-state index is 0.111. The summed E-state index contributed by atoms with van der Waals surface area (Å²) in [6.07, 6.45) is -2.87. The van der Waals surface area contributed by atoms with Crippen LogP contribution in [-0.2, 0) is 11.3 Å². The van der Waals surface area contributed by atoms with Gasteiger partial charge in [-0.3, -0.25) is 0 Å². The van der Waals surface area contributed by atoms with E-state index >= 15 is 0 Å². The van der Waals surface area contributed by atoms with Crippen LogP contribution in [0.15, 0.2) is 30.3 Å². The first kappa shape index (κ1) is 19.5. The fourth-order valence-electron chi connectivity index (χ4n) is 2.87. The van der Waals surface area contributed by atoms with Crippen LogP contribution < -0.4 is 10.6 Å². The van der Waals surface area contributed by atoms with Crippen molar-refractivity contribution < 1.29 is 27.8 Å². The molecule has 1 saturated carbocycles. The van der Waals surface area contributed by atoms with Crippen LogP contribution in [0, 0.1) is 0 Å². The molecular weight excluding hydrogens is 337 g/mol. The monoisotopic (exact) mass is 360 g/mol. The smallest absolute Gasteiger partial charge is 0.407 e. The number of alkyl carbamates (subject to hydrolysis) is 1. The zero-order valence-corrected chi connectivity index (χ0v) is 13.8. The summed E-state index contributed by atoms with van der Waals surface area (Å²) in [4.78, 5) is 11.8. The zero-order valence-electron chi connectivity index (χ0n) is 13.8. The van der Waals surface area contributed by atoms with E-state index in [0.717, 1.165) is 5.56 Å². The molecule has 1 aliphatic carbocycles. The number of hydrogen-bond donors (Lipinski definition) is 3. The van der Waals surface area contributed by atoms with E-state index in [0.29, 0.717) is 25.7 Å². The molecule has 1 fully saturated rings. The Morgan fingerprint density at radius 1 is 1.16 bits per heavy atom. The minimum atomic E-state index is -4.47. The van der Waals surface area contributed by atoms with Crippen LogP contribution in [0.2, 0.25) is 0 Å². The van der Waals surface area contributed by atoms with Gasteiger partial charge in [0.25, 0.3) is 0 Å². The predicted octanol–water partition coefficient (Wildman–Crippen LogP) is 2.74. The van der Waals surface area contributed by atoms with E-state index in [9.17, 15) is 18.0 Å². The third kappa shape index (κ3) is 6.55. The van der Waals surface area contributed by atoms with E-state index in [1.54, 1.807) is 0 Å². The van der Waals surface area contributed by atoms with Gasteiger partial charge in [-0.15, -0.1) is 0 Å². The van der Waals surface area contributed by atoms with Gasteiger partial charge >= 0.3 is 12.3 Å². The number of halogens is 3. The maximum absolute atomic E-state index is 12.7. The molecular formula is C17H23F3N2O3. The summed E-state index contributed by atoms with van der Waals surface area (Å²) < 4.78 is 43.1. The van der Waals surface area contributed by atoms with E-state index in [1.165, 1.54) is 0 Å². The van der Waals surface area contributed by atoms with Gasteiger partial charge in [0.2, 0.25) is 0 Å². The highest BCUT2D eigenvalue weighted by Gasteiger charge is 2.40. The highest BCUT2D eigenvalue weighted by Crippen LogP contribution is 2.24. The second-order valence-corrected chi connectivity index (χ2v) is 6.20. The normalized spacial score (nSPS) is 22.2. The Kier molecular flexibility index (Phi) is 7.07. The molecule has 0 saturated heterocycles. The van der Waals surface area contributed by atoms with Gasteiger partial charge in [-0.1, -0.05) is 30.3 Å². The number of benzene rings is 1. The van der Waals surface area contributed by atoms with Gasteiger partial charge in [-0.05, 0) is 31.2 Å². The molecule has 8 heteroatoms. The van der Waals surface area contributed by atoms with Crippen LogP contribution in [-0.4, -0.2) is 42.1 Å². The van der Waals surface area contributed by atoms with Gasteiger partial charge in [0.1, 0.15) is 12.6 Å². The first-order chi connectivity index (χ1) is 11.9. The molecule has 1 amide bonds. The van der Waals surface area contributed by atoms with Crippen molar-refractivity contribution >= 4 is 6.09 Å². The Bertz CT molecular complexity index is 532. The summed E-state index contributed by atoms with van der Waals surface area (Å²) in [6.45, 7) is -0.805. The summed E-state index contributed by atoms with van der Waals surface area (Å²) in [5.41, 5.74) is 0.882. The molecule has 0 spiro atoms. The average molecular weight is 360 g/mol. The van der Waals surface area contributed by atoms with Crippen LogP contribution in [0.3, 0.4) is 0 Å². The van der Waals surface area contributed by atoms with Crippen LogP contribution in [0.4, 0.5) is 18.0 Å². The number of nitrogens with one attached hydrogen (secondary N) is 2. The second-order valence-electron chi connectivity index (χ2n) is 6.20. The number of rotatable bonds is 6. The molecule has 1 aliphatic rings. The van der Waals surface area contributed by atoms with Gasteiger partial charge in [-0.2, -0.15) is 13.2 Å². The van der Waals surface area contributed by atoms with Crippen LogP contribution in [0.1, 0.15) is 31.2 Å². The molecule has 1 unspecified atom stereocenters. The highest BCUT2D eigenvalue weighted by molar-refractivity contribution is 5.67. The van der Waals surface area contributed by atoms with Gasteiger partial charge in [0.15, 0.2) is 0 Å². The SMILES string of the molecule is O=C(N[C@H]1CC[C@@H](NC(CO)C(F)(F)F)CC1)OCc1ccccc1. The van der Waals surface area contributed by atoms with Crippen molar-refractivity contribution in [2.75, 3.05) is 6.61 Å². The molecule has 0 aliphatic heterocycles. The number of amides is 1. The molecule has 25 heavy (non-hydrogen) atoms. The number of aliphatic hydroxyl groups is 1. The average Bonchev–Trinajstić information content (AvgIpc) is 2.59. The lowest BCUT2D eigenvalue weighted by Crippen LogP contribution is -2.51. The van der Waals surface area contributed by atoms with Gasteiger partial charge < -0.3 is 20.5 Å². The summed E-state index contributed by atoms with van der Waals surface area (Å²) in [5, 5.41) is 14.1. The lowest BCUT2D eigenvalue weighted by atomic mass is 9.91. The second kappa shape index (κ2) is 9.05. The molecule has 0 aromatic heterocycles. The number of carbonyl (C=O) groups excluding carboxylic acids is 1. The standard InChI is InChI=1S/C17H23F3N2O3/c18-17(19,20)15(10-23)21-13-6-8-14(9-7-13)22-16(24)25-11-12-4-2-1-3-5-12/h1-5,13-15,21,23H,6-11H2,(H,22,24)/t13-,14+,15?. The van der Waals surface area contributed by atoms with E-state index < -0.39 is 24.9 Å². The maximum Gasteiger partial charge on any atom is 0.407 e. The zero-order chi connectivity index (χ0) is 18.3. The molecule has 0 bridgehead atoms. The largest absolute Gasteiger partial charge is 0.445 e. The van der Waals surface area contributed by atoms with Gasteiger partial charge in [0.05, 0.1) is 6.61 Å². The van der Waals surface area contributed by atoms with Crippen molar-refractivity contribution in [2.45, 2.75) is 56.6 Å². The lowest BCUT2D eigenvalue weighted by Gasteiger charge is -2.32. The number of ether oxygens (including phenoxy) is 1. The Hall–Kier alpha value is -1.80. The Labute approximate surface area is 144 Å². The summed E-state index contributed by atoms with van der Waals surface area (Å²) in [6, 6.07) is 6.94. The number of hydrogen-bond acceptors (Lipinski definition) is 4. The minimum Gasteiger partial charge on any atom is -0.445 e. The summed E-state index contributed by atoms with van der Waals surface area (Å²) in [5.74, 6) is 0. The molecule has 5 nitrogen and oxygen atoms in total. The number of alkyl halides is 3. The van der Waals surface area contributed by atoms with Crippen molar-refractivity contribution in [3.63, 3.8) is 0 Å². The van der Waals surface area contributed by atoms with Gasteiger partial charge in [-0.25, -0.2) is 4.79 Å². The highest BCUT2D eigenvalue weighted by atomic mass is 19.4. The quantitative estimate of drug-likeness (QED) is 0.730. The molecule has 1 aromatic carbocycles. The first-order valence-corrected chi connectivity index (χ1v) is 8.29. The Morgan fingerprint density at radius 2 is 1.76 bits per heavy atom. The predicted molar refractivity (Wildman–Crippen MR) is 85.9 cm³/mol. The maximum atomic E-state index is 12.7. The molecule has 2 rings (SSSR count). The van der Waals surface area contributed by atoms with E-state index in [1.807, 2.05) is 30.3 Å². The van der Waals surface area contributed by atoms with Crippen molar-refractivity contribution in [2.24, 2.45) is 0 Å². The topological polar surface area (TPSA) is 70.6 Å². The van der Waals surface area contributed by atoms with Gasteiger partial charge in [0, 0.05) is 12.1 Å². The molecule has 1 atom stereocenters. The van der Waals surface area contributed by atoms with E-state index in [2.05, 4.69) is 10.6 Å². The Morgan fingerprint density at radius 3 is 2.32 bits per heavy atom. The van der Waals surface area contributed by atoms with Crippen molar-refractivity contribution in [3.05, 3.63) is 35.9 Å². The van der Waals surface area contributed by atoms with E-state index in [4.69, 9.17) is 9.84 Å². The van der Waals surface area contributed by atoms with Crippen LogP contribution in [0.5, 0.6) is 0 Å². The number of carbonyl (C=O) groups is 1. The molecule has 1 aromatic rings. The molecule has 140 valence electrons. The third-order valence-electron chi connectivity index (χ3n) is 4.28. The first-order valence-electron chi connectivity index (χ1n) is 8.29. The van der Waals surface area contributed by atoms with Crippen molar-refractivity contribution in [1.82, 2.24) is 10.6 Å². The Balaban J connectivity index is 1.68. The van der Waals surface area contributed by atoms with Crippen LogP contribution in [0.25, 0.3) is 0 Å². The molecule has 0 radical (unpaired) electrons. The third-order valence-corrected chi connectivity index (χ3v) is 4.28. The fraction of sp³-hybridized carbons (Fsp3) is 0.588. The number of aliphatic hydroxyl groups excluding tert-OH is 1. The summed E-state index contributed by atoms with van der Waals surface area (Å²) >= 11 is 0. The molecule has 0 heterocycles. The lowest BCUT2D eigenvalue weighted by molar-refractivity contribution is -0.166. The van der Waals surface area contributed by atoms with Crippen LogP contribution >= 0.6 is 0 Å². The molecule has 3 N–H and O–H groups in total.